The molecule has 7 rings (SSSR count). The zero-order chi connectivity index (χ0) is 25.6. The van der Waals surface area contributed by atoms with Crippen LogP contribution >= 0.6 is 0 Å². The lowest BCUT2D eigenvalue weighted by molar-refractivity contribution is -0.195. The number of ether oxygens (including phenoxy) is 2. The van der Waals surface area contributed by atoms with Gasteiger partial charge in [0.15, 0.2) is 11.5 Å². The van der Waals surface area contributed by atoms with E-state index < -0.39 is 27.1 Å². The lowest BCUT2D eigenvalue weighted by Crippen LogP contribution is -2.78. The summed E-state index contributed by atoms with van der Waals surface area (Å²) >= 11 is 0. The van der Waals surface area contributed by atoms with Crippen molar-refractivity contribution in [3.05, 3.63) is 59.2 Å². The average molecular weight is 525 g/mol. The smallest absolute Gasteiger partial charge is 0.218 e. The number of piperidine rings is 1. The molecular formula is C29H36N2O5S. The summed E-state index contributed by atoms with van der Waals surface area (Å²) in [4.78, 5) is 2.53. The maximum absolute atomic E-state index is 13.7. The van der Waals surface area contributed by atoms with Gasteiger partial charge >= 0.3 is 0 Å². The van der Waals surface area contributed by atoms with E-state index in [9.17, 15) is 13.5 Å². The fourth-order valence-electron chi connectivity index (χ4n) is 8.07. The van der Waals surface area contributed by atoms with E-state index in [0.717, 1.165) is 43.0 Å². The summed E-state index contributed by atoms with van der Waals surface area (Å²) in [6.45, 7) is 1.94. The van der Waals surface area contributed by atoms with Crippen LogP contribution in [0.4, 0.5) is 0 Å². The SMILES string of the molecule is COc1ccc2c3c1O[C@H]1[C@@H](N(C)S(=O)(=O)Cc4ccccc4)CC[C@@]4(O)[C@@H](C2)N(CC2CC2)CC[C@]314. The molecule has 5 aliphatic rings. The van der Waals surface area contributed by atoms with Crippen LogP contribution in [0.1, 0.15) is 48.8 Å². The number of nitrogens with zero attached hydrogens (tertiary/aromatic N) is 2. The third-order valence-electron chi connectivity index (χ3n) is 10.0. The van der Waals surface area contributed by atoms with Gasteiger partial charge in [-0.25, -0.2) is 8.42 Å². The van der Waals surface area contributed by atoms with Gasteiger partial charge in [0, 0.05) is 25.2 Å². The van der Waals surface area contributed by atoms with Gasteiger partial charge in [-0.2, -0.15) is 4.31 Å². The van der Waals surface area contributed by atoms with E-state index in [0.29, 0.717) is 24.3 Å². The summed E-state index contributed by atoms with van der Waals surface area (Å²) in [6.07, 6.45) is 4.77. The van der Waals surface area contributed by atoms with Gasteiger partial charge in [0.1, 0.15) is 6.10 Å². The first-order valence-electron chi connectivity index (χ1n) is 13.6. The molecule has 1 saturated heterocycles. The molecule has 5 atom stereocenters. The van der Waals surface area contributed by atoms with Gasteiger partial charge in [-0.3, -0.25) is 4.90 Å². The van der Waals surface area contributed by atoms with Crippen LogP contribution in [0.15, 0.2) is 42.5 Å². The first kappa shape index (κ1) is 23.9. The highest BCUT2D eigenvalue weighted by atomic mass is 32.2. The van der Waals surface area contributed by atoms with Gasteiger partial charge < -0.3 is 14.6 Å². The maximum atomic E-state index is 13.7. The quantitative estimate of drug-likeness (QED) is 0.600. The van der Waals surface area contributed by atoms with E-state index in [1.54, 1.807) is 14.2 Å². The van der Waals surface area contributed by atoms with Gasteiger partial charge in [-0.15, -0.1) is 0 Å². The molecule has 1 spiro atoms. The molecule has 8 heteroatoms. The number of hydrogen-bond donors (Lipinski definition) is 1. The maximum Gasteiger partial charge on any atom is 0.218 e. The predicted octanol–water partition coefficient (Wildman–Crippen LogP) is 3.09. The van der Waals surface area contributed by atoms with Gasteiger partial charge in [-0.1, -0.05) is 36.4 Å². The Morgan fingerprint density at radius 1 is 1.14 bits per heavy atom. The summed E-state index contributed by atoms with van der Waals surface area (Å²) in [6, 6.07) is 13.1. The minimum atomic E-state index is -3.60. The van der Waals surface area contributed by atoms with Crippen LogP contribution < -0.4 is 9.47 Å². The van der Waals surface area contributed by atoms with E-state index >= 15 is 0 Å². The van der Waals surface area contributed by atoms with Crippen LogP contribution in [0.25, 0.3) is 0 Å². The Morgan fingerprint density at radius 3 is 2.65 bits per heavy atom. The van der Waals surface area contributed by atoms with Gasteiger partial charge in [0.05, 0.1) is 29.9 Å². The number of likely N-dealkylation sites (N-methyl/N-ethyl adjacent to an activating group) is 1. The third kappa shape index (κ3) is 3.32. The van der Waals surface area contributed by atoms with E-state index in [2.05, 4.69) is 11.0 Å². The highest BCUT2D eigenvalue weighted by molar-refractivity contribution is 7.88. The molecule has 7 nitrogen and oxygen atoms in total. The number of rotatable bonds is 7. The van der Waals surface area contributed by atoms with Crippen LogP contribution in [-0.4, -0.2) is 73.8 Å². The van der Waals surface area contributed by atoms with E-state index in [1.807, 2.05) is 36.4 Å². The molecule has 2 bridgehead atoms. The van der Waals surface area contributed by atoms with Crippen LogP contribution in [0, 0.1) is 5.92 Å². The number of sulfonamides is 1. The lowest BCUT2D eigenvalue weighted by Gasteiger charge is -2.64. The minimum absolute atomic E-state index is 0.0203. The topological polar surface area (TPSA) is 79.3 Å². The molecule has 2 aromatic rings. The van der Waals surface area contributed by atoms with Crippen LogP contribution in [0.3, 0.4) is 0 Å². The van der Waals surface area contributed by atoms with Crippen molar-refractivity contribution < 1.29 is 23.0 Å². The average Bonchev–Trinajstić information content (AvgIpc) is 3.63. The van der Waals surface area contributed by atoms with E-state index in [4.69, 9.17) is 9.47 Å². The summed E-state index contributed by atoms with van der Waals surface area (Å²) in [7, 11) is -0.267. The summed E-state index contributed by atoms with van der Waals surface area (Å²) in [5.74, 6) is 2.06. The number of benzene rings is 2. The van der Waals surface area contributed by atoms with Crippen LogP contribution in [-0.2, 0) is 27.6 Å². The van der Waals surface area contributed by atoms with E-state index in [-0.39, 0.29) is 17.8 Å². The number of methoxy groups -OCH3 is 1. The highest BCUT2D eigenvalue weighted by Crippen LogP contribution is 2.66. The van der Waals surface area contributed by atoms with Crippen LogP contribution in [0.5, 0.6) is 11.5 Å². The summed E-state index contributed by atoms with van der Waals surface area (Å²) in [5, 5.41) is 12.7. The summed E-state index contributed by atoms with van der Waals surface area (Å²) in [5.41, 5.74) is 1.44. The first-order valence-corrected chi connectivity index (χ1v) is 15.2. The molecule has 2 heterocycles. The highest BCUT2D eigenvalue weighted by Gasteiger charge is 2.73. The van der Waals surface area contributed by atoms with Crippen molar-refractivity contribution in [1.29, 1.82) is 0 Å². The van der Waals surface area contributed by atoms with Gasteiger partial charge in [-0.05, 0) is 68.2 Å². The van der Waals surface area contributed by atoms with Crippen molar-refractivity contribution in [1.82, 2.24) is 9.21 Å². The van der Waals surface area contributed by atoms with Crippen LogP contribution in [0.2, 0.25) is 0 Å². The lowest BCUT2D eigenvalue weighted by atomic mass is 9.48. The molecule has 3 aliphatic carbocycles. The zero-order valence-corrected chi connectivity index (χ0v) is 22.4. The van der Waals surface area contributed by atoms with Crippen molar-refractivity contribution >= 4 is 10.0 Å². The Kier molecular flexibility index (Phi) is 5.30. The monoisotopic (exact) mass is 524 g/mol. The first-order chi connectivity index (χ1) is 17.8. The second kappa shape index (κ2) is 8.18. The summed E-state index contributed by atoms with van der Waals surface area (Å²) < 4.78 is 41.3. The fourth-order valence-corrected chi connectivity index (χ4v) is 9.52. The van der Waals surface area contributed by atoms with Gasteiger partial charge in [0.25, 0.3) is 0 Å². The fraction of sp³-hybridized carbons (Fsp3) is 0.586. The van der Waals surface area contributed by atoms with Crippen molar-refractivity contribution in [2.24, 2.45) is 5.92 Å². The molecule has 0 unspecified atom stereocenters. The number of likely N-dealkylation sites (tertiary alicyclic amines) is 1. The molecule has 0 aromatic heterocycles. The molecule has 2 aromatic carbocycles. The Hall–Kier alpha value is -2.13. The Morgan fingerprint density at radius 2 is 1.92 bits per heavy atom. The minimum Gasteiger partial charge on any atom is -0.493 e. The normalized spacial score (nSPS) is 34.2. The van der Waals surface area contributed by atoms with Gasteiger partial charge in [0.2, 0.25) is 10.0 Å². The molecule has 1 N–H and O–H groups in total. The Bertz CT molecular complexity index is 1330. The molecule has 0 amide bonds. The molecule has 2 aliphatic heterocycles. The number of aliphatic hydroxyl groups is 1. The molecule has 0 radical (unpaired) electrons. The van der Waals surface area contributed by atoms with Crippen molar-refractivity contribution in [3.8, 4) is 11.5 Å². The van der Waals surface area contributed by atoms with E-state index in [1.165, 1.54) is 22.7 Å². The molecule has 198 valence electrons. The number of hydrogen-bond acceptors (Lipinski definition) is 6. The Labute approximate surface area is 219 Å². The largest absolute Gasteiger partial charge is 0.493 e. The zero-order valence-electron chi connectivity index (χ0n) is 21.6. The molecule has 3 fully saturated rings. The second-order valence-electron chi connectivity index (χ2n) is 11.8. The van der Waals surface area contributed by atoms with Crippen molar-refractivity contribution in [2.45, 2.75) is 73.5 Å². The third-order valence-corrected chi connectivity index (χ3v) is 11.9. The standard InChI is InChI=1S/C29H36N2O5S/c1-30(37(33,34)18-20-6-4-3-5-7-20)22-12-13-29(32)24-16-21-10-11-23(35-2)26-25(21)28(29,27(22)36-26)14-15-31(24)17-19-8-9-19/h3-7,10-11,19,22,24,27,32H,8-9,12-18H2,1-2H3/t22-,24+,27-,28-,29+/m0/s1. The second-order valence-corrected chi connectivity index (χ2v) is 13.9. The molecular weight excluding hydrogens is 488 g/mol. The predicted molar refractivity (Wildman–Crippen MR) is 140 cm³/mol. The van der Waals surface area contributed by atoms with Crippen molar-refractivity contribution in [2.75, 3.05) is 27.2 Å². The Balaban J connectivity index is 1.31. The van der Waals surface area contributed by atoms with Crippen molar-refractivity contribution in [3.63, 3.8) is 0 Å². The molecule has 37 heavy (non-hydrogen) atoms. The molecule has 2 saturated carbocycles.